The number of hydrogen-bond acceptors (Lipinski definition) is 3. The smallest absolute Gasteiger partial charge is 0.323 e. The van der Waals surface area contributed by atoms with Crippen molar-refractivity contribution in [2.45, 2.75) is 18.9 Å². The molecule has 0 aromatic heterocycles. The number of carbonyl (C=O) groups excluding carboxylic acids is 1. The molecule has 5 nitrogen and oxygen atoms in total. The number of urea groups is 1. The highest BCUT2D eigenvalue weighted by atomic mass is 16.5. The number of benzene rings is 1. The maximum absolute atomic E-state index is 11.9. The molecule has 1 aliphatic carbocycles. The predicted octanol–water partition coefficient (Wildman–Crippen LogP) is 2.15. The third kappa shape index (κ3) is 2.28. The zero-order valence-corrected chi connectivity index (χ0v) is 10.8. The fraction of sp³-hybridized carbons (Fsp3) is 0.429. The van der Waals surface area contributed by atoms with Crippen molar-refractivity contribution in [3.8, 4) is 5.75 Å². The molecule has 1 saturated heterocycles. The second-order valence-electron chi connectivity index (χ2n) is 5.12. The lowest BCUT2D eigenvalue weighted by molar-refractivity contribution is 0.203. The molecule has 1 unspecified atom stereocenters. The van der Waals surface area contributed by atoms with Gasteiger partial charge in [0.25, 0.3) is 0 Å². The molecule has 2 fully saturated rings. The molecule has 5 heteroatoms. The van der Waals surface area contributed by atoms with Crippen molar-refractivity contribution in [3.05, 3.63) is 29.8 Å². The van der Waals surface area contributed by atoms with Crippen molar-refractivity contribution in [3.63, 3.8) is 0 Å². The van der Waals surface area contributed by atoms with Gasteiger partial charge in [-0.3, -0.25) is 10.7 Å². The summed E-state index contributed by atoms with van der Waals surface area (Å²) in [4.78, 5) is 13.7. The number of amidine groups is 1. The van der Waals surface area contributed by atoms with Crippen molar-refractivity contribution in [2.75, 3.05) is 13.7 Å². The van der Waals surface area contributed by atoms with E-state index in [0.29, 0.717) is 5.92 Å². The minimum atomic E-state index is -0.279. The Labute approximate surface area is 112 Å². The lowest BCUT2D eigenvalue weighted by atomic mass is 10.1. The van der Waals surface area contributed by atoms with E-state index in [2.05, 4.69) is 5.32 Å². The number of nitrogens with one attached hydrogen (secondary N) is 2. The van der Waals surface area contributed by atoms with Crippen LogP contribution >= 0.6 is 0 Å². The average molecular weight is 259 g/mol. The molecule has 1 atom stereocenters. The Bertz CT molecular complexity index is 508. The lowest BCUT2D eigenvalue weighted by Gasteiger charge is -2.23. The van der Waals surface area contributed by atoms with Gasteiger partial charge in [0.2, 0.25) is 0 Å². The molecule has 2 N–H and O–H groups in total. The van der Waals surface area contributed by atoms with Crippen LogP contribution < -0.4 is 10.1 Å². The molecule has 2 aliphatic rings. The summed E-state index contributed by atoms with van der Waals surface area (Å²) in [5.41, 5.74) is 0.949. The van der Waals surface area contributed by atoms with Crippen LogP contribution in [0.15, 0.2) is 24.3 Å². The molecule has 2 amide bonds. The van der Waals surface area contributed by atoms with E-state index in [4.69, 9.17) is 10.1 Å². The van der Waals surface area contributed by atoms with Gasteiger partial charge in [-0.15, -0.1) is 0 Å². The zero-order valence-electron chi connectivity index (χ0n) is 10.8. The van der Waals surface area contributed by atoms with Crippen molar-refractivity contribution in [2.24, 2.45) is 5.92 Å². The van der Waals surface area contributed by atoms with E-state index in [1.807, 2.05) is 24.3 Å². The summed E-state index contributed by atoms with van der Waals surface area (Å²) in [6, 6.07) is 7.12. The number of rotatable bonds is 4. The summed E-state index contributed by atoms with van der Waals surface area (Å²) in [6.45, 7) is 0.741. The highest BCUT2D eigenvalue weighted by Crippen LogP contribution is 2.35. The fourth-order valence-electron chi connectivity index (χ4n) is 2.43. The van der Waals surface area contributed by atoms with E-state index >= 15 is 0 Å². The van der Waals surface area contributed by atoms with Gasteiger partial charge in [0.1, 0.15) is 17.6 Å². The molecule has 1 aromatic rings. The quantitative estimate of drug-likeness (QED) is 0.870. The fourth-order valence-corrected chi connectivity index (χ4v) is 2.43. The van der Waals surface area contributed by atoms with Crippen molar-refractivity contribution >= 4 is 11.9 Å². The highest BCUT2D eigenvalue weighted by molar-refractivity contribution is 6.06. The SMILES string of the molecule is COc1ccc(C2C(=N)NC(=O)N2CC2CC2)cc1. The number of methoxy groups -OCH3 is 1. The third-order valence-corrected chi connectivity index (χ3v) is 3.67. The average Bonchev–Trinajstić information content (AvgIpc) is 3.17. The molecular formula is C14H17N3O2. The van der Waals surface area contributed by atoms with E-state index in [0.717, 1.165) is 17.9 Å². The standard InChI is InChI=1S/C14H17N3O2/c1-19-11-6-4-10(5-7-11)12-13(15)16-14(18)17(12)8-9-2-3-9/h4-7,9,12H,2-3,8H2,1H3,(H2,15,16,18). The van der Waals surface area contributed by atoms with Crippen LogP contribution in [0.5, 0.6) is 5.75 Å². The predicted molar refractivity (Wildman–Crippen MR) is 71.4 cm³/mol. The van der Waals surface area contributed by atoms with E-state index in [1.54, 1.807) is 12.0 Å². The van der Waals surface area contributed by atoms with Crippen LogP contribution in [0.2, 0.25) is 0 Å². The molecule has 0 spiro atoms. The van der Waals surface area contributed by atoms with Crippen molar-refractivity contribution in [1.82, 2.24) is 10.2 Å². The number of nitrogens with zero attached hydrogens (tertiary/aromatic N) is 1. The van der Waals surface area contributed by atoms with Crippen LogP contribution in [0.4, 0.5) is 4.79 Å². The maximum atomic E-state index is 11.9. The summed E-state index contributed by atoms with van der Waals surface area (Å²) < 4.78 is 5.13. The monoisotopic (exact) mass is 259 g/mol. The third-order valence-electron chi connectivity index (χ3n) is 3.67. The van der Waals surface area contributed by atoms with Gasteiger partial charge in [0, 0.05) is 6.54 Å². The second kappa shape index (κ2) is 4.57. The number of carbonyl (C=O) groups is 1. The summed E-state index contributed by atoms with van der Waals surface area (Å²) in [6.07, 6.45) is 2.37. The molecule has 100 valence electrons. The summed E-state index contributed by atoms with van der Waals surface area (Å²) in [5.74, 6) is 1.65. The summed E-state index contributed by atoms with van der Waals surface area (Å²) >= 11 is 0. The molecule has 0 bridgehead atoms. The Hall–Kier alpha value is -2.04. The molecule has 1 heterocycles. The normalized spacial score (nSPS) is 22.6. The van der Waals surface area contributed by atoms with Crippen LogP contribution in [0, 0.1) is 11.3 Å². The minimum Gasteiger partial charge on any atom is -0.497 e. The Morgan fingerprint density at radius 2 is 2.05 bits per heavy atom. The van der Waals surface area contributed by atoms with Crippen LogP contribution in [0.3, 0.4) is 0 Å². The van der Waals surface area contributed by atoms with Gasteiger partial charge in [-0.05, 0) is 36.5 Å². The molecule has 1 aromatic carbocycles. The van der Waals surface area contributed by atoms with Gasteiger partial charge in [-0.1, -0.05) is 12.1 Å². The van der Waals surface area contributed by atoms with Gasteiger partial charge in [-0.2, -0.15) is 0 Å². The molecule has 19 heavy (non-hydrogen) atoms. The maximum Gasteiger partial charge on any atom is 0.323 e. The highest BCUT2D eigenvalue weighted by Gasteiger charge is 2.39. The van der Waals surface area contributed by atoms with Gasteiger partial charge >= 0.3 is 6.03 Å². The molecule has 1 aliphatic heterocycles. The summed E-state index contributed by atoms with van der Waals surface area (Å²) in [7, 11) is 1.62. The van der Waals surface area contributed by atoms with Crippen LogP contribution in [0.1, 0.15) is 24.4 Å². The zero-order chi connectivity index (χ0) is 13.4. The molecular weight excluding hydrogens is 242 g/mol. The topological polar surface area (TPSA) is 65.4 Å². The molecule has 0 radical (unpaired) electrons. The first-order chi connectivity index (χ1) is 9.19. The lowest BCUT2D eigenvalue weighted by Crippen LogP contribution is -2.31. The Balaban J connectivity index is 1.85. The van der Waals surface area contributed by atoms with Crippen molar-refractivity contribution in [1.29, 1.82) is 5.41 Å². The molecule has 1 saturated carbocycles. The van der Waals surface area contributed by atoms with E-state index in [9.17, 15) is 4.79 Å². The van der Waals surface area contributed by atoms with Crippen LogP contribution in [-0.2, 0) is 0 Å². The second-order valence-corrected chi connectivity index (χ2v) is 5.12. The van der Waals surface area contributed by atoms with E-state index in [-0.39, 0.29) is 17.9 Å². The van der Waals surface area contributed by atoms with Crippen LogP contribution in [-0.4, -0.2) is 30.4 Å². The summed E-state index contributed by atoms with van der Waals surface area (Å²) in [5, 5.41) is 10.6. The first-order valence-corrected chi connectivity index (χ1v) is 6.49. The molecule has 3 rings (SSSR count). The first-order valence-electron chi connectivity index (χ1n) is 6.49. The number of amides is 2. The number of ether oxygens (including phenoxy) is 1. The Kier molecular flexibility index (Phi) is 2.89. The van der Waals surface area contributed by atoms with E-state index < -0.39 is 0 Å². The van der Waals surface area contributed by atoms with Crippen LogP contribution in [0.25, 0.3) is 0 Å². The van der Waals surface area contributed by atoms with Gasteiger partial charge in [0.15, 0.2) is 0 Å². The number of hydrogen-bond donors (Lipinski definition) is 2. The van der Waals surface area contributed by atoms with Gasteiger partial charge in [-0.25, -0.2) is 4.79 Å². The van der Waals surface area contributed by atoms with Crippen molar-refractivity contribution < 1.29 is 9.53 Å². The first kappa shape index (κ1) is 12.0. The van der Waals surface area contributed by atoms with E-state index in [1.165, 1.54) is 12.8 Å². The Morgan fingerprint density at radius 1 is 1.37 bits per heavy atom. The Morgan fingerprint density at radius 3 is 2.63 bits per heavy atom. The van der Waals surface area contributed by atoms with Gasteiger partial charge in [0.05, 0.1) is 7.11 Å². The largest absolute Gasteiger partial charge is 0.497 e. The minimum absolute atomic E-state index is 0.155. The van der Waals surface area contributed by atoms with Gasteiger partial charge < -0.3 is 9.64 Å².